The van der Waals surface area contributed by atoms with Gasteiger partial charge in [0.15, 0.2) is 0 Å². The molecule has 2 heterocycles. The third-order valence-corrected chi connectivity index (χ3v) is 4.07. The molecule has 1 N–H and O–H groups in total. The fourth-order valence-corrected chi connectivity index (χ4v) is 3.14. The Morgan fingerprint density at radius 1 is 1.30 bits per heavy atom. The maximum atomic E-state index is 12.3. The van der Waals surface area contributed by atoms with Crippen LogP contribution in [0.5, 0.6) is 0 Å². The molecule has 0 aliphatic carbocycles. The normalized spacial score (nSPS) is 13.8. The molecule has 20 heavy (non-hydrogen) atoms. The second kappa shape index (κ2) is 4.94. The fraction of sp³-hybridized carbons (Fsp3) is 0.438. The van der Waals surface area contributed by atoms with Crippen molar-refractivity contribution in [3.8, 4) is 0 Å². The molecule has 0 fully saturated rings. The lowest BCUT2D eigenvalue weighted by Crippen LogP contribution is -2.07. The predicted octanol–water partition coefficient (Wildman–Crippen LogP) is 2.75. The number of hydrogen-bond acceptors (Lipinski definition) is 3. The molecule has 2 aromatic rings. The fourth-order valence-electron chi connectivity index (χ4n) is 3.14. The summed E-state index contributed by atoms with van der Waals surface area (Å²) in [5, 5.41) is 4.37. The zero-order valence-electron chi connectivity index (χ0n) is 12.2. The third kappa shape index (κ3) is 1.83. The summed E-state index contributed by atoms with van der Waals surface area (Å²) in [5.41, 5.74) is 5.47. The summed E-state index contributed by atoms with van der Waals surface area (Å²) in [4.78, 5) is 12.3. The summed E-state index contributed by atoms with van der Waals surface area (Å²) in [7, 11) is 0. The van der Waals surface area contributed by atoms with Gasteiger partial charge in [0.05, 0.1) is 12.2 Å². The monoisotopic (exact) mass is 272 g/mol. The number of nitrogens with zero attached hydrogens (tertiary/aromatic N) is 1. The van der Waals surface area contributed by atoms with E-state index in [2.05, 4.69) is 28.9 Å². The maximum Gasteiger partial charge on any atom is 0.340 e. The first-order valence-electron chi connectivity index (χ1n) is 7.19. The van der Waals surface area contributed by atoms with E-state index in [-0.39, 0.29) is 5.97 Å². The van der Waals surface area contributed by atoms with Crippen LogP contribution < -0.4 is 5.32 Å². The number of benzene rings is 1. The van der Waals surface area contributed by atoms with Crippen molar-refractivity contribution in [2.24, 2.45) is 0 Å². The lowest BCUT2D eigenvalue weighted by Gasteiger charge is -2.05. The van der Waals surface area contributed by atoms with Crippen molar-refractivity contribution in [2.45, 2.75) is 40.4 Å². The Morgan fingerprint density at radius 3 is 2.65 bits per heavy atom. The molecule has 1 aliphatic heterocycles. The molecular weight excluding hydrogens is 252 g/mol. The molecule has 0 saturated carbocycles. The predicted molar refractivity (Wildman–Crippen MR) is 78.8 cm³/mol. The lowest BCUT2D eigenvalue weighted by atomic mass is 10.0. The average molecular weight is 272 g/mol. The number of nitrogens with one attached hydrogen (secondary N) is 1. The van der Waals surface area contributed by atoms with Gasteiger partial charge in [-0.05, 0) is 44.0 Å². The van der Waals surface area contributed by atoms with Crippen LogP contribution in [0.4, 0.5) is 0 Å². The molecule has 1 aromatic heterocycles. The highest BCUT2D eigenvalue weighted by atomic mass is 16.5. The molecule has 4 nitrogen and oxygen atoms in total. The molecule has 0 atom stereocenters. The van der Waals surface area contributed by atoms with Gasteiger partial charge in [0, 0.05) is 36.2 Å². The van der Waals surface area contributed by atoms with Gasteiger partial charge >= 0.3 is 5.97 Å². The summed E-state index contributed by atoms with van der Waals surface area (Å²) in [6.45, 7) is 9.00. The molecule has 0 bridgehead atoms. The van der Waals surface area contributed by atoms with Crippen LogP contribution in [0.15, 0.2) is 12.1 Å². The van der Waals surface area contributed by atoms with Crippen LogP contribution in [0.25, 0.3) is 10.9 Å². The second-order valence-electron chi connectivity index (χ2n) is 5.17. The van der Waals surface area contributed by atoms with Gasteiger partial charge in [-0.2, -0.15) is 0 Å². The average Bonchev–Trinajstić information content (AvgIpc) is 2.97. The van der Waals surface area contributed by atoms with Gasteiger partial charge in [0.25, 0.3) is 0 Å². The van der Waals surface area contributed by atoms with Crippen molar-refractivity contribution >= 4 is 16.9 Å². The number of carbonyl (C=O) groups is 1. The molecule has 106 valence electrons. The van der Waals surface area contributed by atoms with Gasteiger partial charge in [0.1, 0.15) is 0 Å². The van der Waals surface area contributed by atoms with E-state index in [1.54, 1.807) is 0 Å². The van der Waals surface area contributed by atoms with Gasteiger partial charge in [-0.25, -0.2) is 4.79 Å². The van der Waals surface area contributed by atoms with E-state index < -0.39 is 0 Å². The molecule has 0 spiro atoms. The topological polar surface area (TPSA) is 43.3 Å². The van der Waals surface area contributed by atoms with Crippen molar-refractivity contribution < 1.29 is 9.53 Å². The van der Waals surface area contributed by atoms with Crippen LogP contribution in [0.3, 0.4) is 0 Å². The molecule has 0 radical (unpaired) electrons. The van der Waals surface area contributed by atoms with Crippen molar-refractivity contribution in [2.75, 3.05) is 6.61 Å². The Balaban J connectivity index is 2.28. The van der Waals surface area contributed by atoms with Crippen molar-refractivity contribution in [3.05, 3.63) is 34.5 Å². The molecule has 0 unspecified atom stereocenters. The largest absolute Gasteiger partial charge is 0.462 e. The quantitative estimate of drug-likeness (QED) is 0.874. The van der Waals surface area contributed by atoms with Gasteiger partial charge in [-0.1, -0.05) is 0 Å². The maximum absolute atomic E-state index is 12.3. The zero-order chi connectivity index (χ0) is 14.3. The highest BCUT2D eigenvalue weighted by molar-refractivity contribution is 6.06. The minimum absolute atomic E-state index is 0.215. The van der Waals surface area contributed by atoms with Crippen LogP contribution in [0.1, 0.15) is 41.0 Å². The van der Waals surface area contributed by atoms with E-state index in [4.69, 9.17) is 4.74 Å². The number of esters is 1. The number of rotatable bonds is 3. The number of aryl methyl sites for hydroxylation is 1. The summed E-state index contributed by atoms with van der Waals surface area (Å²) in [6, 6.07) is 4.36. The van der Waals surface area contributed by atoms with Gasteiger partial charge < -0.3 is 14.6 Å². The SMILES string of the molecule is CCOC(=O)c1c(C)n(CC)c2cc3c(cc12)CNC3. The number of hydrogen-bond donors (Lipinski definition) is 1. The Morgan fingerprint density at radius 2 is 2.00 bits per heavy atom. The van der Waals surface area contributed by atoms with Crippen molar-refractivity contribution in [1.29, 1.82) is 0 Å². The van der Waals surface area contributed by atoms with E-state index in [0.717, 1.165) is 41.8 Å². The Bertz CT molecular complexity index is 686. The van der Waals surface area contributed by atoms with E-state index in [9.17, 15) is 4.79 Å². The zero-order valence-corrected chi connectivity index (χ0v) is 12.2. The molecule has 1 aromatic carbocycles. The number of fused-ring (bicyclic) bond motifs is 2. The molecule has 4 heteroatoms. The van der Waals surface area contributed by atoms with E-state index in [1.807, 2.05) is 13.8 Å². The Kier molecular flexibility index (Phi) is 3.26. The van der Waals surface area contributed by atoms with E-state index >= 15 is 0 Å². The summed E-state index contributed by atoms with van der Waals surface area (Å²) >= 11 is 0. The van der Waals surface area contributed by atoms with Gasteiger partial charge in [-0.3, -0.25) is 0 Å². The lowest BCUT2D eigenvalue weighted by molar-refractivity contribution is 0.0527. The van der Waals surface area contributed by atoms with E-state index in [0.29, 0.717) is 6.61 Å². The van der Waals surface area contributed by atoms with Crippen LogP contribution in [0, 0.1) is 6.92 Å². The standard InChI is InChI=1S/C16H20N2O2/c1-4-18-10(3)15(16(19)20-5-2)13-6-11-8-17-9-12(11)7-14(13)18/h6-7,17H,4-5,8-9H2,1-3H3. The number of aromatic nitrogens is 1. The first-order chi connectivity index (χ1) is 9.67. The summed E-state index contributed by atoms with van der Waals surface area (Å²) in [5.74, 6) is -0.215. The minimum Gasteiger partial charge on any atom is -0.462 e. The number of ether oxygens (including phenoxy) is 1. The van der Waals surface area contributed by atoms with Crippen LogP contribution in [0.2, 0.25) is 0 Å². The van der Waals surface area contributed by atoms with E-state index in [1.165, 1.54) is 11.1 Å². The molecule has 1 aliphatic rings. The Labute approximate surface area is 118 Å². The minimum atomic E-state index is -0.215. The third-order valence-electron chi connectivity index (χ3n) is 4.07. The molecule has 3 rings (SSSR count). The molecular formula is C16H20N2O2. The van der Waals surface area contributed by atoms with Crippen molar-refractivity contribution in [1.82, 2.24) is 9.88 Å². The first-order valence-corrected chi connectivity index (χ1v) is 7.19. The molecule has 0 amide bonds. The Hall–Kier alpha value is -1.81. The van der Waals surface area contributed by atoms with Crippen LogP contribution in [-0.2, 0) is 24.4 Å². The van der Waals surface area contributed by atoms with Crippen molar-refractivity contribution in [3.63, 3.8) is 0 Å². The first kappa shape index (κ1) is 13.2. The molecule has 0 saturated heterocycles. The second-order valence-corrected chi connectivity index (χ2v) is 5.17. The highest BCUT2D eigenvalue weighted by Crippen LogP contribution is 2.31. The van der Waals surface area contributed by atoms with Gasteiger partial charge in [-0.15, -0.1) is 0 Å². The van der Waals surface area contributed by atoms with Gasteiger partial charge in [0.2, 0.25) is 0 Å². The van der Waals surface area contributed by atoms with Crippen LogP contribution in [-0.4, -0.2) is 17.1 Å². The summed E-state index contributed by atoms with van der Waals surface area (Å²) in [6.07, 6.45) is 0. The number of carbonyl (C=O) groups excluding carboxylic acids is 1. The highest BCUT2D eigenvalue weighted by Gasteiger charge is 2.23. The van der Waals surface area contributed by atoms with Crippen LogP contribution >= 0.6 is 0 Å². The smallest absolute Gasteiger partial charge is 0.340 e. The summed E-state index contributed by atoms with van der Waals surface area (Å²) < 4.78 is 7.42.